The van der Waals surface area contributed by atoms with Gasteiger partial charge in [0.25, 0.3) is 0 Å². The lowest BCUT2D eigenvalue weighted by molar-refractivity contribution is -0.131. The van der Waals surface area contributed by atoms with E-state index in [-0.39, 0.29) is 11.9 Å². The standard InChI is InChI=1S/C9H16N2O/c1-7-4-3-5-11(6-7)9(12)8(2)10/h4,8H,3,5-6,10H2,1-2H3/t8-/m0/s1. The molecule has 0 aromatic heterocycles. The number of amides is 1. The van der Waals surface area contributed by atoms with Gasteiger partial charge in [0.05, 0.1) is 6.04 Å². The zero-order chi connectivity index (χ0) is 9.14. The molecule has 0 bridgehead atoms. The summed E-state index contributed by atoms with van der Waals surface area (Å²) in [7, 11) is 0. The Hall–Kier alpha value is -0.830. The second-order valence-electron chi connectivity index (χ2n) is 3.39. The monoisotopic (exact) mass is 168 g/mol. The van der Waals surface area contributed by atoms with Crippen LogP contribution in [0.15, 0.2) is 11.6 Å². The SMILES string of the molecule is CC1=CCCN(C(=O)[C@H](C)N)C1. The maximum atomic E-state index is 11.4. The molecule has 1 atom stereocenters. The Bertz CT molecular complexity index is 209. The summed E-state index contributed by atoms with van der Waals surface area (Å²) in [6.45, 7) is 5.34. The molecule has 1 aliphatic heterocycles. The fourth-order valence-electron chi connectivity index (χ4n) is 1.39. The summed E-state index contributed by atoms with van der Waals surface area (Å²) in [5, 5.41) is 0. The number of carbonyl (C=O) groups is 1. The van der Waals surface area contributed by atoms with E-state index >= 15 is 0 Å². The van der Waals surface area contributed by atoms with E-state index in [9.17, 15) is 4.79 Å². The molecule has 12 heavy (non-hydrogen) atoms. The van der Waals surface area contributed by atoms with Crippen LogP contribution in [-0.4, -0.2) is 29.9 Å². The highest BCUT2D eigenvalue weighted by atomic mass is 16.2. The van der Waals surface area contributed by atoms with Crippen LogP contribution in [0.25, 0.3) is 0 Å². The minimum Gasteiger partial charge on any atom is -0.337 e. The van der Waals surface area contributed by atoms with Gasteiger partial charge in [-0.15, -0.1) is 0 Å². The number of carbonyl (C=O) groups excluding carboxylic acids is 1. The van der Waals surface area contributed by atoms with Crippen LogP contribution in [0.3, 0.4) is 0 Å². The molecule has 1 aliphatic rings. The summed E-state index contributed by atoms with van der Waals surface area (Å²) < 4.78 is 0. The number of rotatable bonds is 1. The molecule has 0 unspecified atom stereocenters. The lowest BCUT2D eigenvalue weighted by atomic mass is 10.1. The summed E-state index contributed by atoms with van der Waals surface area (Å²) in [6, 6.07) is -0.365. The first-order valence-electron chi connectivity index (χ1n) is 4.31. The molecule has 0 spiro atoms. The Morgan fingerprint density at radius 3 is 2.92 bits per heavy atom. The van der Waals surface area contributed by atoms with Gasteiger partial charge >= 0.3 is 0 Å². The first kappa shape index (κ1) is 9.26. The molecule has 2 N–H and O–H groups in total. The zero-order valence-electron chi connectivity index (χ0n) is 7.71. The maximum Gasteiger partial charge on any atom is 0.239 e. The van der Waals surface area contributed by atoms with Gasteiger partial charge in [-0.1, -0.05) is 11.6 Å². The molecule has 3 heteroatoms. The van der Waals surface area contributed by atoms with Crippen LogP contribution in [0.1, 0.15) is 20.3 Å². The minimum atomic E-state index is -0.365. The molecule has 0 saturated heterocycles. The first-order valence-corrected chi connectivity index (χ1v) is 4.31. The quantitative estimate of drug-likeness (QED) is 0.580. The third-order valence-electron chi connectivity index (χ3n) is 2.03. The third kappa shape index (κ3) is 2.08. The molecule has 0 aromatic carbocycles. The highest BCUT2D eigenvalue weighted by Gasteiger charge is 2.18. The largest absolute Gasteiger partial charge is 0.337 e. The summed E-state index contributed by atoms with van der Waals surface area (Å²) in [5.41, 5.74) is 6.76. The van der Waals surface area contributed by atoms with Crippen LogP contribution in [0.4, 0.5) is 0 Å². The van der Waals surface area contributed by atoms with Crippen molar-refractivity contribution in [3.05, 3.63) is 11.6 Å². The minimum absolute atomic E-state index is 0.0578. The van der Waals surface area contributed by atoms with Gasteiger partial charge in [-0.2, -0.15) is 0 Å². The van der Waals surface area contributed by atoms with E-state index in [0.29, 0.717) is 0 Å². The van der Waals surface area contributed by atoms with E-state index in [1.165, 1.54) is 5.57 Å². The molecule has 0 aliphatic carbocycles. The van der Waals surface area contributed by atoms with Gasteiger partial charge in [-0.25, -0.2) is 0 Å². The fraction of sp³-hybridized carbons (Fsp3) is 0.667. The van der Waals surface area contributed by atoms with Gasteiger partial charge in [0.2, 0.25) is 5.91 Å². The van der Waals surface area contributed by atoms with Crippen molar-refractivity contribution in [3.63, 3.8) is 0 Å². The highest BCUT2D eigenvalue weighted by Crippen LogP contribution is 2.09. The fourth-order valence-corrected chi connectivity index (χ4v) is 1.39. The van der Waals surface area contributed by atoms with E-state index in [0.717, 1.165) is 19.5 Å². The zero-order valence-corrected chi connectivity index (χ0v) is 7.71. The number of nitrogens with zero attached hydrogens (tertiary/aromatic N) is 1. The van der Waals surface area contributed by atoms with Crippen LogP contribution >= 0.6 is 0 Å². The van der Waals surface area contributed by atoms with Gasteiger partial charge in [0, 0.05) is 13.1 Å². The summed E-state index contributed by atoms with van der Waals surface area (Å²) in [6.07, 6.45) is 3.13. The molecule has 0 fully saturated rings. The summed E-state index contributed by atoms with van der Waals surface area (Å²) in [5.74, 6) is 0.0578. The molecule has 1 heterocycles. The Labute approximate surface area is 73.2 Å². The summed E-state index contributed by atoms with van der Waals surface area (Å²) >= 11 is 0. The van der Waals surface area contributed by atoms with Crippen molar-refractivity contribution in [3.8, 4) is 0 Å². The van der Waals surface area contributed by atoms with Crippen LogP contribution in [0.5, 0.6) is 0 Å². The molecule has 0 aromatic rings. The molecule has 1 amide bonds. The topological polar surface area (TPSA) is 46.3 Å². The van der Waals surface area contributed by atoms with Crippen molar-refractivity contribution < 1.29 is 4.79 Å². The van der Waals surface area contributed by atoms with E-state index in [1.807, 2.05) is 11.8 Å². The summed E-state index contributed by atoms with van der Waals surface area (Å²) in [4.78, 5) is 13.2. The third-order valence-corrected chi connectivity index (χ3v) is 2.03. The molecular formula is C9H16N2O. The lowest BCUT2D eigenvalue weighted by Crippen LogP contribution is -2.44. The van der Waals surface area contributed by atoms with E-state index in [2.05, 4.69) is 6.08 Å². The molecule has 0 saturated carbocycles. The Balaban J connectivity index is 2.55. The van der Waals surface area contributed by atoms with Crippen LogP contribution in [-0.2, 0) is 4.79 Å². The molecule has 1 rings (SSSR count). The normalized spacial score (nSPS) is 20.2. The predicted octanol–water partition coefficient (Wildman–Crippen LogP) is 0.512. The second kappa shape index (κ2) is 3.72. The van der Waals surface area contributed by atoms with Gasteiger partial charge in [0.15, 0.2) is 0 Å². The maximum absolute atomic E-state index is 11.4. The predicted molar refractivity (Wildman–Crippen MR) is 48.6 cm³/mol. The van der Waals surface area contributed by atoms with Gasteiger partial charge < -0.3 is 10.6 Å². The average molecular weight is 168 g/mol. The van der Waals surface area contributed by atoms with Gasteiger partial charge in [-0.3, -0.25) is 4.79 Å². The first-order chi connectivity index (χ1) is 5.61. The number of hydrogen-bond donors (Lipinski definition) is 1. The highest BCUT2D eigenvalue weighted by molar-refractivity contribution is 5.81. The van der Waals surface area contributed by atoms with Crippen molar-refractivity contribution in [2.75, 3.05) is 13.1 Å². The molecule has 68 valence electrons. The molecule has 0 radical (unpaired) electrons. The van der Waals surface area contributed by atoms with Crippen molar-refractivity contribution in [2.24, 2.45) is 5.73 Å². The molecule has 3 nitrogen and oxygen atoms in total. The Morgan fingerprint density at radius 1 is 1.75 bits per heavy atom. The van der Waals surface area contributed by atoms with E-state index < -0.39 is 0 Å². The van der Waals surface area contributed by atoms with E-state index in [1.54, 1.807) is 6.92 Å². The van der Waals surface area contributed by atoms with E-state index in [4.69, 9.17) is 5.73 Å². The van der Waals surface area contributed by atoms with Crippen LogP contribution in [0, 0.1) is 0 Å². The Kier molecular flexibility index (Phi) is 2.87. The second-order valence-corrected chi connectivity index (χ2v) is 3.39. The van der Waals surface area contributed by atoms with Gasteiger partial charge in [-0.05, 0) is 20.3 Å². The van der Waals surface area contributed by atoms with Crippen molar-refractivity contribution in [2.45, 2.75) is 26.3 Å². The van der Waals surface area contributed by atoms with Crippen molar-refractivity contribution >= 4 is 5.91 Å². The van der Waals surface area contributed by atoms with Crippen LogP contribution in [0.2, 0.25) is 0 Å². The smallest absolute Gasteiger partial charge is 0.239 e. The average Bonchev–Trinajstić information content (AvgIpc) is 2.03. The Morgan fingerprint density at radius 2 is 2.42 bits per heavy atom. The lowest BCUT2D eigenvalue weighted by Gasteiger charge is -2.27. The van der Waals surface area contributed by atoms with Gasteiger partial charge in [0.1, 0.15) is 0 Å². The molecular weight excluding hydrogens is 152 g/mol. The number of nitrogens with two attached hydrogens (primary N) is 1. The number of hydrogen-bond acceptors (Lipinski definition) is 2. The van der Waals surface area contributed by atoms with Crippen molar-refractivity contribution in [1.29, 1.82) is 0 Å². The van der Waals surface area contributed by atoms with Crippen molar-refractivity contribution in [1.82, 2.24) is 4.90 Å². The van der Waals surface area contributed by atoms with Crippen LogP contribution < -0.4 is 5.73 Å².